The van der Waals surface area contributed by atoms with Gasteiger partial charge in [-0.25, -0.2) is 9.97 Å². The van der Waals surface area contributed by atoms with E-state index in [1.165, 1.54) is 0 Å². The van der Waals surface area contributed by atoms with Crippen LogP contribution in [0.15, 0.2) is 18.3 Å². The molecular weight excluding hydrogens is 236 g/mol. The molecule has 2 aromatic heterocycles. The lowest BCUT2D eigenvalue weighted by atomic mass is 10.2. The SMILES string of the molecule is CC(CCS(C)=O)n1c(N)nc2cccnc21. The molecule has 2 heterocycles. The van der Waals surface area contributed by atoms with Crippen LogP contribution in [0.1, 0.15) is 19.4 Å². The van der Waals surface area contributed by atoms with Crippen LogP contribution in [0, 0.1) is 0 Å². The van der Waals surface area contributed by atoms with E-state index in [2.05, 4.69) is 9.97 Å². The molecule has 2 unspecified atom stereocenters. The summed E-state index contributed by atoms with van der Waals surface area (Å²) in [5, 5.41) is 0. The summed E-state index contributed by atoms with van der Waals surface area (Å²) in [5.74, 6) is 1.13. The van der Waals surface area contributed by atoms with Crippen molar-refractivity contribution < 1.29 is 4.21 Å². The number of imidazole rings is 1. The van der Waals surface area contributed by atoms with Gasteiger partial charge in [-0.15, -0.1) is 0 Å². The van der Waals surface area contributed by atoms with Gasteiger partial charge in [0, 0.05) is 35.0 Å². The Morgan fingerprint density at radius 1 is 1.59 bits per heavy atom. The quantitative estimate of drug-likeness (QED) is 0.891. The van der Waals surface area contributed by atoms with Crippen LogP contribution in [0.3, 0.4) is 0 Å². The first kappa shape index (κ1) is 12.0. The van der Waals surface area contributed by atoms with Crippen LogP contribution in [0.5, 0.6) is 0 Å². The molecule has 0 aliphatic rings. The second kappa shape index (κ2) is 4.83. The summed E-state index contributed by atoms with van der Waals surface area (Å²) in [6, 6.07) is 3.88. The zero-order valence-electron chi connectivity index (χ0n) is 9.96. The molecule has 0 saturated carbocycles. The lowest BCUT2D eigenvalue weighted by molar-refractivity contribution is 0.549. The van der Waals surface area contributed by atoms with Crippen molar-refractivity contribution in [3.8, 4) is 0 Å². The van der Waals surface area contributed by atoms with Gasteiger partial charge in [-0.3, -0.25) is 8.78 Å². The summed E-state index contributed by atoms with van der Waals surface area (Å²) in [4.78, 5) is 8.56. The van der Waals surface area contributed by atoms with E-state index in [9.17, 15) is 4.21 Å². The van der Waals surface area contributed by atoms with Crippen LogP contribution < -0.4 is 5.73 Å². The van der Waals surface area contributed by atoms with Crippen molar-refractivity contribution in [1.82, 2.24) is 14.5 Å². The third-order valence-electron chi connectivity index (χ3n) is 2.74. The molecule has 6 heteroatoms. The fourth-order valence-electron chi connectivity index (χ4n) is 1.85. The Hall–Kier alpha value is -1.43. The van der Waals surface area contributed by atoms with Crippen molar-refractivity contribution in [2.45, 2.75) is 19.4 Å². The van der Waals surface area contributed by atoms with Gasteiger partial charge in [-0.2, -0.15) is 0 Å². The second-order valence-corrected chi connectivity index (χ2v) is 5.66. The first-order valence-electron chi connectivity index (χ1n) is 5.48. The van der Waals surface area contributed by atoms with Crippen molar-refractivity contribution in [2.24, 2.45) is 0 Å². The molecule has 2 N–H and O–H groups in total. The number of hydrogen-bond donors (Lipinski definition) is 1. The monoisotopic (exact) mass is 252 g/mol. The van der Waals surface area contributed by atoms with Gasteiger partial charge < -0.3 is 5.73 Å². The lowest BCUT2D eigenvalue weighted by Gasteiger charge is -2.14. The fraction of sp³-hybridized carbons (Fsp3) is 0.455. The van der Waals surface area contributed by atoms with Crippen LogP contribution in [-0.2, 0) is 10.8 Å². The largest absolute Gasteiger partial charge is 0.369 e. The van der Waals surface area contributed by atoms with E-state index in [4.69, 9.17) is 5.73 Å². The average Bonchev–Trinajstić information content (AvgIpc) is 2.61. The topological polar surface area (TPSA) is 73.8 Å². The third kappa shape index (κ3) is 2.46. The van der Waals surface area contributed by atoms with Crippen LogP contribution in [0.2, 0.25) is 0 Å². The smallest absolute Gasteiger partial charge is 0.202 e. The minimum absolute atomic E-state index is 0.152. The highest BCUT2D eigenvalue weighted by atomic mass is 32.2. The predicted molar refractivity (Wildman–Crippen MR) is 70.2 cm³/mol. The molecular formula is C11H16N4OS. The number of aromatic nitrogens is 3. The Kier molecular flexibility index (Phi) is 3.42. The zero-order chi connectivity index (χ0) is 12.4. The maximum Gasteiger partial charge on any atom is 0.202 e. The number of nitrogens with zero attached hydrogens (tertiary/aromatic N) is 3. The van der Waals surface area contributed by atoms with Crippen LogP contribution in [0.4, 0.5) is 5.95 Å². The Labute approximate surface area is 103 Å². The number of pyridine rings is 1. The molecule has 2 rings (SSSR count). The molecule has 0 radical (unpaired) electrons. The first-order valence-corrected chi connectivity index (χ1v) is 7.20. The number of fused-ring (bicyclic) bond motifs is 1. The van der Waals surface area contributed by atoms with Gasteiger partial charge in [0.2, 0.25) is 5.95 Å². The van der Waals surface area contributed by atoms with Gasteiger partial charge in [-0.1, -0.05) is 0 Å². The normalized spacial score (nSPS) is 14.9. The second-order valence-electron chi connectivity index (χ2n) is 4.10. The Morgan fingerprint density at radius 2 is 2.35 bits per heavy atom. The Morgan fingerprint density at radius 3 is 3.06 bits per heavy atom. The summed E-state index contributed by atoms with van der Waals surface area (Å²) in [6.45, 7) is 2.04. The van der Waals surface area contributed by atoms with Crippen LogP contribution in [0.25, 0.3) is 11.2 Å². The highest BCUT2D eigenvalue weighted by Crippen LogP contribution is 2.22. The van der Waals surface area contributed by atoms with Crippen molar-refractivity contribution in [1.29, 1.82) is 0 Å². The maximum atomic E-state index is 11.1. The first-order chi connectivity index (χ1) is 8.09. The molecule has 92 valence electrons. The van der Waals surface area contributed by atoms with Gasteiger partial charge in [0.05, 0.1) is 0 Å². The fourth-order valence-corrected chi connectivity index (χ4v) is 2.52. The summed E-state index contributed by atoms with van der Waals surface area (Å²) >= 11 is 0. The van der Waals surface area contributed by atoms with E-state index in [1.54, 1.807) is 12.5 Å². The van der Waals surface area contributed by atoms with E-state index >= 15 is 0 Å². The van der Waals surface area contributed by atoms with Gasteiger partial charge in [0.1, 0.15) is 5.52 Å². The van der Waals surface area contributed by atoms with E-state index < -0.39 is 10.8 Å². The van der Waals surface area contributed by atoms with Gasteiger partial charge in [0.25, 0.3) is 0 Å². The summed E-state index contributed by atoms with van der Waals surface area (Å²) < 4.78 is 13.0. The van der Waals surface area contributed by atoms with E-state index in [0.29, 0.717) is 11.7 Å². The predicted octanol–water partition coefficient (Wildman–Crippen LogP) is 1.34. The molecule has 0 aliphatic heterocycles. The van der Waals surface area contributed by atoms with Crippen molar-refractivity contribution in [2.75, 3.05) is 17.7 Å². The number of hydrogen-bond acceptors (Lipinski definition) is 4. The Balaban J connectivity index is 2.33. The molecule has 5 nitrogen and oxygen atoms in total. The molecule has 0 bridgehead atoms. The summed E-state index contributed by atoms with van der Waals surface area (Å²) in [7, 11) is -0.783. The highest BCUT2D eigenvalue weighted by Gasteiger charge is 2.14. The van der Waals surface area contributed by atoms with E-state index in [1.807, 2.05) is 23.6 Å². The van der Waals surface area contributed by atoms with Gasteiger partial charge >= 0.3 is 0 Å². The number of anilines is 1. The summed E-state index contributed by atoms with van der Waals surface area (Å²) in [5.41, 5.74) is 7.49. The van der Waals surface area contributed by atoms with Crippen molar-refractivity contribution in [3.63, 3.8) is 0 Å². The van der Waals surface area contributed by atoms with E-state index in [-0.39, 0.29) is 6.04 Å². The molecule has 2 atom stereocenters. The minimum atomic E-state index is -0.783. The standard InChI is InChI=1S/C11H16N4OS/c1-8(5-7-17(2)16)15-10-9(14-11(15)12)4-3-6-13-10/h3-4,6,8H,5,7H2,1-2H3,(H2,12,14). The van der Waals surface area contributed by atoms with Crippen LogP contribution in [-0.4, -0.2) is 30.8 Å². The molecule has 0 spiro atoms. The Bertz CT molecular complexity index is 551. The van der Waals surface area contributed by atoms with E-state index in [0.717, 1.165) is 17.6 Å². The zero-order valence-corrected chi connectivity index (χ0v) is 10.8. The average molecular weight is 252 g/mol. The molecule has 0 fully saturated rings. The van der Waals surface area contributed by atoms with Crippen LogP contribution >= 0.6 is 0 Å². The number of nitrogens with two attached hydrogens (primary N) is 1. The molecule has 0 aliphatic carbocycles. The minimum Gasteiger partial charge on any atom is -0.369 e. The molecule has 0 amide bonds. The molecule has 2 aromatic rings. The van der Waals surface area contributed by atoms with Crippen molar-refractivity contribution >= 4 is 27.9 Å². The number of rotatable bonds is 4. The molecule has 0 aromatic carbocycles. The number of nitrogen functional groups attached to an aromatic ring is 1. The van der Waals surface area contributed by atoms with Crippen molar-refractivity contribution in [3.05, 3.63) is 18.3 Å². The third-order valence-corrected chi connectivity index (χ3v) is 3.55. The highest BCUT2D eigenvalue weighted by molar-refractivity contribution is 7.84. The lowest BCUT2D eigenvalue weighted by Crippen LogP contribution is -2.12. The molecule has 17 heavy (non-hydrogen) atoms. The van der Waals surface area contributed by atoms with Gasteiger partial charge in [0.15, 0.2) is 5.65 Å². The maximum absolute atomic E-state index is 11.1. The molecule has 0 saturated heterocycles. The van der Waals surface area contributed by atoms with Gasteiger partial charge in [-0.05, 0) is 25.5 Å². The summed E-state index contributed by atoms with van der Waals surface area (Å²) in [6.07, 6.45) is 4.24.